The van der Waals surface area contributed by atoms with E-state index in [1.165, 1.54) is 18.6 Å². The summed E-state index contributed by atoms with van der Waals surface area (Å²) in [4.78, 5) is 25.4. The summed E-state index contributed by atoms with van der Waals surface area (Å²) >= 11 is 0. The molecular formula is C18H27N3O4. The largest absolute Gasteiger partial charge is 0.393 e. The molecule has 2 atom stereocenters. The quantitative estimate of drug-likeness (QED) is 0.583. The number of nitrogens with one attached hydrogen (secondary N) is 1. The van der Waals surface area contributed by atoms with Gasteiger partial charge < -0.3 is 15.3 Å². The van der Waals surface area contributed by atoms with Crippen molar-refractivity contribution in [3.05, 3.63) is 33.9 Å². The van der Waals surface area contributed by atoms with Gasteiger partial charge in [0.05, 0.1) is 22.3 Å². The van der Waals surface area contributed by atoms with Gasteiger partial charge in [0.2, 0.25) is 0 Å². The summed E-state index contributed by atoms with van der Waals surface area (Å²) in [6.45, 7) is 5.80. The van der Waals surface area contributed by atoms with E-state index in [9.17, 15) is 20.0 Å². The molecule has 7 nitrogen and oxygen atoms in total. The van der Waals surface area contributed by atoms with Crippen LogP contribution in [0.15, 0.2) is 18.2 Å². The minimum absolute atomic E-state index is 0.0806. The molecule has 138 valence electrons. The third-order valence-electron chi connectivity index (χ3n) is 4.49. The summed E-state index contributed by atoms with van der Waals surface area (Å²) in [5.41, 5.74) is 1.02. The number of nitro benzene ring substituents is 1. The lowest BCUT2D eigenvalue weighted by atomic mass is 10.0. The van der Waals surface area contributed by atoms with Crippen LogP contribution in [0.25, 0.3) is 0 Å². The molecule has 1 aromatic carbocycles. The molecule has 1 aliphatic rings. The number of hydrogen-bond donors (Lipinski definition) is 2. The SMILES string of the molecule is CC(O)CC(C)CNC(=O)c1cc([N+](=O)[O-])ccc1N1CCCCC1. The number of rotatable bonds is 7. The third-order valence-corrected chi connectivity index (χ3v) is 4.49. The van der Waals surface area contributed by atoms with Crippen molar-refractivity contribution in [2.24, 2.45) is 5.92 Å². The van der Waals surface area contributed by atoms with Gasteiger partial charge in [-0.1, -0.05) is 6.92 Å². The first-order valence-corrected chi connectivity index (χ1v) is 8.88. The molecule has 0 aliphatic carbocycles. The number of amides is 1. The van der Waals surface area contributed by atoms with E-state index < -0.39 is 11.0 Å². The van der Waals surface area contributed by atoms with Gasteiger partial charge in [0.25, 0.3) is 11.6 Å². The fourth-order valence-corrected chi connectivity index (χ4v) is 3.26. The molecule has 0 aromatic heterocycles. The Kier molecular flexibility index (Phi) is 6.75. The van der Waals surface area contributed by atoms with E-state index in [0.717, 1.165) is 31.6 Å². The Labute approximate surface area is 148 Å². The normalized spacial score (nSPS) is 17.0. The van der Waals surface area contributed by atoms with Crippen molar-refractivity contribution in [1.82, 2.24) is 5.32 Å². The third kappa shape index (κ3) is 5.42. The standard InChI is InChI=1S/C18H27N3O4/c1-13(10-14(2)22)12-19-18(23)16-11-15(21(24)25)6-7-17(16)20-8-4-3-5-9-20/h6-7,11,13-14,22H,3-5,8-10,12H2,1-2H3,(H,19,23). The lowest BCUT2D eigenvalue weighted by Crippen LogP contribution is -2.34. The van der Waals surface area contributed by atoms with Crippen LogP contribution in [0.2, 0.25) is 0 Å². The second-order valence-corrected chi connectivity index (χ2v) is 6.91. The highest BCUT2D eigenvalue weighted by molar-refractivity contribution is 6.00. The van der Waals surface area contributed by atoms with Crippen molar-refractivity contribution in [1.29, 1.82) is 0 Å². The van der Waals surface area contributed by atoms with Gasteiger partial charge in [0.1, 0.15) is 0 Å². The number of benzene rings is 1. The molecule has 1 amide bonds. The molecule has 1 saturated heterocycles. The lowest BCUT2D eigenvalue weighted by molar-refractivity contribution is -0.384. The van der Waals surface area contributed by atoms with Gasteiger partial charge in [0.15, 0.2) is 0 Å². The summed E-state index contributed by atoms with van der Waals surface area (Å²) in [6, 6.07) is 4.49. The molecule has 2 rings (SSSR count). The van der Waals surface area contributed by atoms with Gasteiger partial charge in [-0.2, -0.15) is 0 Å². The molecule has 25 heavy (non-hydrogen) atoms. The fraction of sp³-hybridized carbons (Fsp3) is 0.611. The number of carbonyl (C=O) groups is 1. The van der Waals surface area contributed by atoms with Crippen molar-refractivity contribution in [2.75, 3.05) is 24.5 Å². The first-order valence-electron chi connectivity index (χ1n) is 8.88. The molecular weight excluding hydrogens is 322 g/mol. The smallest absolute Gasteiger partial charge is 0.270 e. The predicted molar refractivity (Wildman–Crippen MR) is 97.0 cm³/mol. The molecule has 1 aliphatic heterocycles. The molecule has 7 heteroatoms. The van der Waals surface area contributed by atoms with E-state index in [1.807, 2.05) is 6.92 Å². The van der Waals surface area contributed by atoms with Crippen LogP contribution in [-0.2, 0) is 0 Å². The molecule has 0 radical (unpaired) electrons. The van der Waals surface area contributed by atoms with Gasteiger partial charge in [0, 0.05) is 31.8 Å². The first kappa shape index (κ1) is 19.2. The van der Waals surface area contributed by atoms with Gasteiger partial charge in [-0.05, 0) is 44.6 Å². The Hall–Kier alpha value is -2.15. The minimum Gasteiger partial charge on any atom is -0.393 e. The molecule has 1 aromatic rings. The molecule has 0 spiro atoms. The van der Waals surface area contributed by atoms with Crippen molar-refractivity contribution in [3.8, 4) is 0 Å². The van der Waals surface area contributed by atoms with Crippen LogP contribution < -0.4 is 10.2 Å². The van der Waals surface area contributed by atoms with Crippen LogP contribution in [0.4, 0.5) is 11.4 Å². The first-order chi connectivity index (χ1) is 11.9. The monoisotopic (exact) mass is 349 g/mol. The minimum atomic E-state index is -0.479. The second kappa shape index (κ2) is 8.80. The van der Waals surface area contributed by atoms with Crippen molar-refractivity contribution in [3.63, 3.8) is 0 Å². The van der Waals surface area contributed by atoms with Crippen molar-refractivity contribution in [2.45, 2.75) is 45.6 Å². The zero-order valence-corrected chi connectivity index (χ0v) is 14.9. The Morgan fingerprint density at radius 2 is 2.00 bits per heavy atom. The number of carbonyl (C=O) groups excluding carboxylic acids is 1. The maximum absolute atomic E-state index is 12.7. The zero-order chi connectivity index (χ0) is 18.4. The number of nitro groups is 1. The average molecular weight is 349 g/mol. The van der Waals surface area contributed by atoms with E-state index >= 15 is 0 Å². The highest BCUT2D eigenvalue weighted by Crippen LogP contribution is 2.28. The number of piperidine rings is 1. The Balaban J connectivity index is 2.18. The van der Waals surface area contributed by atoms with E-state index in [-0.39, 0.29) is 17.5 Å². The Bertz CT molecular complexity index is 612. The number of aliphatic hydroxyl groups is 1. The maximum atomic E-state index is 12.7. The van der Waals surface area contributed by atoms with Crippen LogP contribution in [0.1, 0.15) is 49.9 Å². The van der Waals surface area contributed by atoms with Crippen LogP contribution in [-0.4, -0.2) is 41.7 Å². The molecule has 1 heterocycles. The second-order valence-electron chi connectivity index (χ2n) is 6.91. The number of hydrogen-bond acceptors (Lipinski definition) is 5. The van der Waals surface area contributed by atoms with Crippen molar-refractivity contribution < 1.29 is 14.8 Å². The molecule has 2 unspecified atom stereocenters. The van der Waals surface area contributed by atoms with Crippen LogP contribution in [0.5, 0.6) is 0 Å². The Morgan fingerprint density at radius 3 is 2.60 bits per heavy atom. The maximum Gasteiger partial charge on any atom is 0.270 e. The highest BCUT2D eigenvalue weighted by atomic mass is 16.6. The lowest BCUT2D eigenvalue weighted by Gasteiger charge is -2.30. The van der Waals surface area contributed by atoms with Crippen molar-refractivity contribution >= 4 is 17.3 Å². The molecule has 0 bridgehead atoms. The van der Waals surface area contributed by atoms with Crippen LogP contribution >= 0.6 is 0 Å². The van der Waals surface area contributed by atoms with Gasteiger partial charge in [-0.25, -0.2) is 0 Å². The number of anilines is 1. The fourth-order valence-electron chi connectivity index (χ4n) is 3.26. The van der Waals surface area contributed by atoms with E-state index in [2.05, 4.69) is 10.2 Å². The predicted octanol–water partition coefficient (Wildman–Crippen LogP) is 2.72. The van der Waals surface area contributed by atoms with Gasteiger partial charge in [-0.15, -0.1) is 0 Å². The number of non-ortho nitro benzene ring substituents is 1. The zero-order valence-electron chi connectivity index (χ0n) is 14.9. The number of nitrogens with zero attached hydrogens (tertiary/aromatic N) is 2. The summed E-state index contributed by atoms with van der Waals surface area (Å²) < 4.78 is 0. The van der Waals surface area contributed by atoms with Crippen LogP contribution in [0, 0.1) is 16.0 Å². The molecule has 0 saturated carbocycles. The van der Waals surface area contributed by atoms with Crippen LogP contribution in [0.3, 0.4) is 0 Å². The van der Waals surface area contributed by atoms with E-state index in [4.69, 9.17) is 0 Å². The average Bonchev–Trinajstić information content (AvgIpc) is 2.59. The summed E-state index contributed by atoms with van der Waals surface area (Å²) in [5, 5.41) is 23.4. The highest BCUT2D eigenvalue weighted by Gasteiger charge is 2.22. The summed E-state index contributed by atoms with van der Waals surface area (Å²) in [6.07, 6.45) is 3.46. The molecule has 2 N–H and O–H groups in total. The molecule has 1 fully saturated rings. The van der Waals surface area contributed by atoms with Gasteiger partial charge in [-0.3, -0.25) is 14.9 Å². The van der Waals surface area contributed by atoms with E-state index in [0.29, 0.717) is 18.5 Å². The summed E-state index contributed by atoms with van der Waals surface area (Å²) in [7, 11) is 0. The number of aliphatic hydroxyl groups excluding tert-OH is 1. The summed E-state index contributed by atoms with van der Waals surface area (Å²) in [5.74, 6) is -0.178. The topological polar surface area (TPSA) is 95.7 Å². The Morgan fingerprint density at radius 1 is 1.32 bits per heavy atom. The van der Waals surface area contributed by atoms with Gasteiger partial charge >= 0.3 is 0 Å². The van der Waals surface area contributed by atoms with E-state index in [1.54, 1.807) is 13.0 Å².